The number of carbonyl (C=O) groups excluding carboxylic acids is 2. The molecule has 1 aliphatic carbocycles. The Balaban J connectivity index is 2.63. The molecule has 0 aliphatic heterocycles. The highest BCUT2D eigenvalue weighted by Gasteiger charge is 2.34. The van der Waals surface area contributed by atoms with Crippen LogP contribution in [-0.2, 0) is 19.1 Å². The van der Waals surface area contributed by atoms with Crippen molar-refractivity contribution in [2.24, 2.45) is 17.8 Å². The van der Waals surface area contributed by atoms with Gasteiger partial charge in [0.05, 0.1) is 7.11 Å². The van der Waals surface area contributed by atoms with Crippen LogP contribution in [0.4, 0.5) is 0 Å². The highest BCUT2D eigenvalue weighted by molar-refractivity contribution is 6.29. The van der Waals surface area contributed by atoms with Crippen molar-refractivity contribution >= 4 is 11.9 Å². The maximum absolute atomic E-state index is 11.4. The van der Waals surface area contributed by atoms with Crippen LogP contribution in [0.25, 0.3) is 0 Å². The van der Waals surface area contributed by atoms with Gasteiger partial charge in [-0.1, -0.05) is 27.2 Å². The van der Waals surface area contributed by atoms with Crippen molar-refractivity contribution < 1.29 is 19.1 Å². The minimum absolute atomic E-state index is 0.148. The first-order chi connectivity index (χ1) is 7.95. The Morgan fingerprint density at radius 1 is 1.18 bits per heavy atom. The standard InChI is InChI=1S/C13H22O4/c1-8(2)10-6-5-9(3)7-11(10)17-13(15)12(14)16-4/h8-11H,5-7H2,1-4H3/t9-,10-,11+/m1/s1. The fourth-order valence-corrected chi connectivity index (χ4v) is 2.52. The summed E-state index contributed by atoms with van der Waals surface area (Å²) >= 11 is 0. The smallest absolute Gasteiger partial charge is 0.417 e. The summed E-state index contributed by atoms with van der Waals surface area (Å²) in [5.41, 5.74) is 0. The number of methoxy groups -OCH3 is 1. The molecular weight excluding hydrogens is 220 g/mol. The van der Waals surface area contributed by atoms with Crippen LogP contribution in [-0.4, -0.2) is 25.2 Å². The molecule has 0 radical (unpaired) electrons. The van der Waals surface area contributed by atoms with Crippen LogP contribution >= 0.6 is 0 Å². The molecule has 0 N–H and O–H groups in total. The first-order valence-corrected chi connectivity index (χ1v) is 6.24. The van der Waals surface area contributed by atoms with Crippen LogP contribution in [0.1, 0.15) is 40.0 Å². The van der Waals surface area contributed by atoms with Gasteiger partial charge in [0, 0.05) is 0 Å². The van der Waals surface area contributed by atoms with Gasteiger partial charge in [0.25, 0.3) is 0 Å². The average Bonchev–Trinajstić information content (AvgIpc) is 2.27. The summed E-state index contributed by atoms with van der Waals surface area (Å²) in [5, 5.41) is 0. The number of hydrogen-bond acceptors (Lipinski definition) is 4. The Morgan fingerprint density at radius 3 is 2.35 bits per heavy atom. The van der Waals surface area contributed by atoms with E-state index in [4.69, 9.17) is 4.74 Å². The summed E-state index contributed by atoms with van der Waals surface area (Å²) in [5.74, 6) is -0.429. The first kappa shape index (κ1) is 14.0. The molecule has 4 heteroatoms. The zero-order valence-corrected chi connectivity index (χ0v) is 11.1. The van der Waals surface area contributed by atoms with Crippen molar-refractivity contribution in [3.8, 4) is 0 Å². The molecule has 0 saturated heterocycles. The fourth-order valence-electron chi connectivity index (χ4n) is 2.52. The van der Waals surface area contributed by atoms with Gasteiger partial charge >= 0.3 is 11.9 Å². The number of hydrogen-bond donors (Lipinski definition) is 0. The lowest BCUT2D eigenvalue weighted by Gasteiger charge is -2.36. The molecule has 0 aromatic rings. The van der Waals surface area contributed by atoms with E-state index in [0.717, 1.165) is 19.3 Å². The molecule has 0 spiro atoms. The minimum Gasteiger partial charge on any atom is -0.461 e. The first-order valence-electron chi connectivity index (χ1n) is 6.24. The normalized spacial score (nSPS) is 28.9. The lowest BCUT2D eigenvalue weighted by molar-refractivity contribution is -0.173. The van der Waals surface area contributed by atoms with E-state index in [2.05, 4.69) is 25.5 Å². The number of ether oxygens (including phenoxy) is 2. The number of rotatable bonds is 2. The Bertz CT molecular complexity index is 285. The molecule has 1 saturated carbocycles. The van der Waals surface area contributed by atoms with Crippen LogP contribution in [0.15, 0.2) is 0 Å². The van der Waals surface area contributed by atoms with Crippen LogP contribution in [0.5, 0.6) is 0 Å². The maximum Gasteiger partial charge on any atom is 0.417 e. The monoisotopic (exact) mass is 242 g/mol. The second-order valence-electron chi connectivity index (χ2n) is 5.26. The molecule has 98 valence electrons. The van der Waals surface area contributed by atoms with Crippen molar-refractivity contribution in [3.05, 3.63) is 0 Å². The summed E-state index contributed by atoms with van der Waals surface area (Å²) in [6.45, 7) is 6.40. The van der Waals surface area contributed by atoms with Crippen molar-refractivity contribution in [1.82, 2.24) is 0 Å². The van der Waals surface area contributed by atoms with Crippen molar-refractivity contribution in [3.63, 3.8) is 0 Å². The van der Waals surface area contributed by atoms with Crippen molar-refractivity contribution in [2.75, 3.05) is 7.11 Å². The third kappa shape index (κ3) is 3.72. The van der Waals surface area contributed by atoms with Gasteiger partial charge in [0.1, 0.15) is 6.10 Å². The van der Waals surface area contributed by atoms with E-state index in [9.17, 15) is 9.59 Å². The van der Waals surface area contributed by atoms with Gasteiger partial charge in [0.2, 0.25) is 0 Å². The van der Waals surface area contributed by atoms with E-state index in [0.29, 0.717) is 17.8 Å². The number of esters is 2. The molecule has 0 bridgehead atoms. The van der Waals surface area contributed by atoms with Gasteiger partial charge in [-0.15, -0.1) is 0 Å². The summed E-state index contributed by atoms with van der Waals surface area (Å²) in [6.07, 6.45) is 2.91. The molecule has 1 fully saturated rings. The Hall–Kier alpha value is -1.06. The molecule has 17 heavy (non-hydrogen) atoms. The molecule has 4 nitrogen and oxygen atoms in total. The molecule has 0 aromatic heterocycles. The number of carbonyl (C=O) groups is 2. The Kier molecular flexibility index (Phi) is 4.97. The third-order valence-electron chi connectivity index (χ3n) is 3.57. The largest absolute Gasteiger partial charge is 0.461 e. The van der Waals surface area contributed by atoms with Gasteiger partial charge in [-0.05, 0) is 30.6 Å². The van der Waals surface area contributed by atoms with Crippen LogP contribution in [0, 0.1) is 17.8 Å². The maximum atomic E-state index is 11.4. The van der Waals surface area contributed by atoms with Gasteiger partial charge in [-0.3, -0.25) is 0 Å². The Morgan fingerprint density at radius 2 is 1.82 bits per heavy atom. The van der Waals surface area contributed by atoms with Gasteiger partial charge in [0.15, 0.2) is 0 Å². The quantitative estimate of drug-likeness (QED) is 0.550. The molecule has 3 atom stereocenters. The summed E-state index contributed by atoms with van der Waals surface area (Å²) in [4.78, 5) is 22.5. The van der Waals surface area contributed by atoms with Crippen LogP contribution < -0.4 is 0 Å². The van der Waals surface area contributed by atoms with Gasteiger partial charge in [-0.2, -0.15) is 0 Å². The molecule has 1 aliphatic rings. The highest BCUT2D eigenvalue weighted by Crippen LogP contribution is 2.35. The summed E-state index contributed by atoms with van der Waals surface area (Å²) in [6, 6.07) is 0. The van der Waals surface area contributed by atoms with E-state index in [1.54, 1.807) is 0 Å². The second kappa shape index (κ2) is 6.03. The fraction of sp³-hybridized carbons (Fsp3) is 0.846. The second-order valence-corrected chi connectivity index (χ2v) is 5.26. The van der Waals surface area contributed by atoms with E-state index < -0.39 is 11.9 Å². The molecule has 0 unspecified atom stereocenters. The SMILES string of the molecule is COC(=O)C(=O)O[C@H]1C[C@H](C)CC[C@@H]1C(C)C. The van der Waals surface area contributed by atoms with Crippen LogP contribution in [0.3, 0.4) is 0 Å². The zero-order chi connectivity index (χ0) is 13.0. The van der Waals surface area contributed by atoms with Crippen molar-refractivity contribution in [2.45, 2.75) is 46.1 Å². The molecule has 1 rings (SSSR count). The van der Waals surface area contributed by atoms with Gasteiger partial charge < -0.3 is 9.47 Å². The average molecular weight is 242 g/mol. The highest BCUT2D eigenvalue weighted by atomic mass is 16.6. The minimum atomic E-state index is -0.911. The van der Waals surface area contributed by atoms with Crippen LogP contribution in [0.2, 0.25) is 0 Å². The lowest BCUT2D eigenvalue weighted by atomic mass is 9.75. The zero-order valence-electron chi connectivity index (χ0n) is 11.1. The predicted octanol–water partition coefficient (Wildman–Crippen LogP) is 2.16. The molecule has 0 aromatic carbocycles. The topological polar surface area (TPSA) is 52.6 Å². The molecule has 0 heterocycles. The van der Waals surface area contributed by atoms with Crippen molar-refractivity contribution in [1.29, 1.82) is 0 Å². The molecule has 0 amide bonds. The van der Waals surface area contributed by atoms with E-state index in [-0.39, 0.29) is 6.10 Å². The predicted molar refractivity (Wildman–Crippen MR) is 63.2 cm³/mol. The lowest BCUT2D eigenvalue weighted by Crippen LogP contribution is -2.37. The Labute approximate surface area is 103 Å². The van der Waals surface area contributed by atoms with E-state index in [1.165, 1.54) is 7.11 Å². The van der Waals surface area contributed by atoms with E-state index in [1.807, 2.05) is 0 Å². The summed E-state index contributed by atoms with van der Waals surface area (Å²) < 4.78 is 9.64. The third-order valence-corrected chi connectivity index (χ3v) is 3.57. The molecular formula is C13H22O4. The van der Waals surface area contributed by atoms with Gasteiger partial charge in [-0.25, -0.2) is 9.59 Å². The summed E-state index contributed by atoms with van der Waals surface area (Å²) in [7, 11) is 1.19. The van der Waals surface area contributed by atoms with E-state index >= 15 is 0 Å².